The summed E-state index contributed by atoms with van der Waals surface area (Å²) in [6.07, 6.45) is -9.28. The highest BCUT2D eigenvalue weighted by Gasteiger charge is 2.55. The minimum absolute atomic E-state index is 0.0484. The number of rotatable bonds is 9. The molecule has 8 unspecified atom stereocenters. The Hall–Kier alpha value is -4.84. The highest BCUT2D eigenvalue weighted by atomic mass is 16.6. The van der Waals surface area contributed by atoms with Crippen molar-refractivity contribution in [3.8, 4) is 11.5 Å². The van der Waals surface area contributed by atoms with Gasteiger partial charge in [-0.05, 0) is 39.3 Å². The number of aromatic hydroxyl groups is 2. The summed E-state index contributed by atoms with van der Waals surface area (Å²) in [5.74, 6) is -6.24. The summed E-state index contributed by atoms with van der Waals surface area (Å²) < 4.78 is 33.3. The molecule has 1 fully saturated rings. The Balaban J connectivity index is 1.25. The van der Waals surface area contributed by atoms with Crippen LogP contribution in [-0.4, -0.2) is 119 Å². The molecule has 2 aromatic rings. The van der Waals surface area contributed by atoms with Gasteiger partial charge in [-0.3, -0.25) is 19.2 Å². The van der Waals surface area contributed by atoms with E-state index in [0.717, 1.165) is 6.07 Å². The molecule has 0 bridgehead atoms. The van der Waals surface area contributed by atoms with Gasteiger partial charge in [0, 0.05) is 54.0 Å². The largest absolute Gasteiger partial charge is 0.507 e. The van der Waals surface area contributed by atoms with E-state index in [0.29, 0.717) is 0 Å². The number of ether oxygens (including phenoxy) is 6. The third-order valence-electron chi connectivity index (χ3n) is 10.0. The molecule has 2 heterocycles. The average Bonchev–Trinajstić information content (AvgIpc) is 3.34. The summed E-state index contributed by atoms with van der Waals surface area (Å²) >= 11 is 0. The molecule has 0 aromatic heterocycles. The zero-order chi connectivity index (χ0) is 38.0. The van der Waals surface area contributed by atoms with E-state index in [1.165, 1.54) is 53.2 Å². The van der Waals surface area contributed by atoms with Crippen molar-refractivity contribution in [1.82, 2.24) is 0 Å². The maximum atomic E-state index is 13.7. The number of Topliss-reactive ketones (excluding diaryl/α,β-unsaturated/α-hetero) is 1. The summed E-state index contributed by atoms with van der Waals surface area (Å²) in [7, 11) is 2.46. The van der Waals surface area contributed by atoms with Crippen molar-refractivity contribution in [2.45, 2.75) is 81.9 Å². The Kier molecular flexibility index (Phi) is 9.67. The van der Waals surface area contributed by atoms with Crippen molar-refractivity contribution < 1.29 is 77.6 Å². The van der Waals surface area contributed by atoms with Gasteiger partial charge in [0.2, 0.25) is 5.78 Å². The first-order valence-corrected chi connectivity index (χ1v) is 16.3. The number of fused-ring (bicyclic) bond motifs is 3. The fourth-order valence-corrected chi connectivity index (χ4v) is 7.31. The molecule has 1 saturated heterocycles. The Bertz CT molecular complexity index is 1940. The number of cyclic esters (lactones) is 2. The number of hydrogen-bond donors (Lipinski definition) is 4. The Morgan fingerprint density at radius 3 is 2.29 bits per heavy atom. The van der Waals surface area contributed by atoms with E-state index >= 15 is 0 Å². The van der Waals surface area contributed by atoms with Gasteiger partial charge in [-0.1, -0.05) is 12.1 Å². The zero-order valence-electron chi connectivity index (χ0n) is 28.7. The van der Waals surface area contributed by atoms with Crippen LogP contribution in [0.3, 0.4) is 0 Å². The highest BCUT2D eigenvalue weighted by Crippen LogP contribution is 2.48. The number of phenolic OH excluding ortho intramolecular Hbond substituents is 2. The number of aliphatic hydroxyl groups excluding tert-OH is 1. The molecule has 0 radical (unpaired) electrons. The maximum Gasteiger partial charge on any atom is 0.342 e. The maximum absolute atomic E-state index is 13.7. The number of aliphatic hydroxyl groups is 2. The normalized spacial score (nSPS) is 29.8. The molecule has 2 aliphatic heterocycles. The number of benzene rings is 2. The SMILES string of the molecule is COC1C(COC2c3c(cc4c(c3O)C(=O)c3c(O)cccc3C4=O)C(=O)C(C)(O)C2OC)OC(C)C(OC(=O)CCC2=C(C)C(=O)OC2=O)C1O. The zero-order valence-corrected chi connectivity index (χ0v) is 28.7. The van der Waals surface area contributed by atoms with E-state index in [4.69, 9.17) is 23.7 Å². The summed E-state index contributed by atoms with van der Waals surface area (Å²) in [5.41, 5.74) is -3.93. The lowest BCUT2D eigenvalue weighted by Gasteiger charge is -2.45. The van der Waals surface area contributed by atoms with Gasteiger partial charge in [0.25, 0.3) is 0 Å². The van der Waals surface area contributed by atoms with E-state index in [9.17, 15) is 49.2 Å². The van der Waals surface area contributed by atoms with Crippen LogP contribution in [-0.2, 0) is 42.8 Å². The van der Waals surface area contributed by atoms with Gasteiger partial charge in [-0.25, -0.2) is 9.59 Å². The van der Waals surface area contributed by atoms with E-state index in [1.54, 1.807) is 0 Å². The minimum atomic E-state index is -2.26. The number of carbonyl (C=O) groups excluding carboxylic acids is 6. The lowest BCUT2D eigenvalue weighted by molar-refractivity contribution is -0.250. The molecule has 4 aliphatic rings. The first-order valence-electron chi connectivity index (χ1n) is 16.3. The van der Waals surface area contributed by atoms with Crippen LogP contribution in [0.1, 0.15) is 87.5 Å². The fourth-order valence-electron chi connectivity index (χ4n) is 7.31. The third kappa shape index (κ3) is 5.81. The van der Waals surface area contributed by atoms with Crippen LogP contribution in [0.2, 0.25) is 0 Å². The molecule has 0 saturated carbocycles. The van der Waals surface area contributed by atoms with Crippen LogP contribution >= 0.6 is 0 Å². The molecule has 52 heavy (non-hydrogen) atoms. The van der Waals surface area contributed by atoms with Crippen LogP contribution in [0, 0.1) is 0 Å². The number of ketones is 3. The number of methoxy groups -OCH3 is 2. The van der Waals surface area contributed by atoms with Gasteiger partial charge in [-0.2, -0.15) is 0 Å². The second-order valence-corrected chi connectivity index (χ2v) is 13.2. The standard InChI is InChI=1S/C36H36O16/c1-13-15(35(45)52-34(13)44)9-10-21(38)51-29-14(2)50-20(30(47-4)28(29)42)12-49-31-24-18(32(43)36(3,46)33(31)48-5)11-17-23(27(24)41)26(40)22-16(25(17)39)7-6-8-19(22)37/h6-8,11,14,20,28-31,33,37,41-42,46H,9-10,12H2,1-5H3. The molecule has 16 heteroatoms. The Morgan fingerprint density at radius 2 is 1.65 bits per heavy atom. The molecule has 0 spiro atoms. The Morgan fingerprint density at radius 1 is 0.942 bits per heavy atom. The molecule has 2 aromatic carbocycles. The molecule has 2 aliphatic carbocycles. The fraction of sp³-hybridized carbons (Fsp3) is 0.444. The predicted octanol–water partition coefficient (Wildman–Crippen LogP) is 1.15. The summed E-state index contributed by atoms with van der Waals surface area (Å²) in [5, 5.41) is 44.7. The number of phenols is 2. The molecule has 8 atom stereocenters. The van der Waals surface area contributed by atoms with Gasteiger partial charge in [0.1, 0.15) is 42.0 Å². The second kappa shape index (κ2) is 13.6. The molecule has 4 N–H and O–H groups in total. The Labute approximate surface area is 295 Å². The van der Waals surface area contributed by atoms with Gasteiger partial charge in [0.05, 0.1) is 23.8 Å². The summed E-state index contributed by atoms with van der Waals surface area (Å²) in [6, 6.07) is 5.01. The van der Waals surface area contributed by atoms with Crippen molar-refractivity contribution >= 4 is 35.3 Å². The van der Waals surface area contributed by atoms with Crippen LogP contribution < -0.4 is 0 Å². The average molecular weight is 725 g/mol. The van der Waals surface area contributed by atoms with Gasteiger partial charge in [-0.15, -0.1) is 0 Å². The predicted molar refractivity (Wildman–Crippen MR) is 172 cm³/mol. The lowest BCUT2D eigenvalue weighted by atomic mass is 9.72. The minimum Gasteiger partial charge on any atom is -0.507 e. The first kappa shape index (κ1) is 36.9. The summed E-state index contributed by atoms with van der Waals surface area (Å²) in [6.45, 7) is 3.67. The molecular formula is C36H36O16. The van der Waals surface area contributed by atoms with Crippen molar-refractivity contribution in [3.63, 3.8) is 0 Å². The highest BCUT2D eigenvalue weighted by molar-refractivity contribution is 6.31. The van der Waals surface area contributed by atoms with Crippen LogP contribution in [0.15, 0.2) is 35.4 Å². The van der Waals surface area contributed by atoms with Crippen LogP contribution in [0.5, 0.6) is 11.5 Å². The number of carbonyl (C=O) groups is 6. The van der Waals surface area contributed by atoms with Crippen molar-refractivity contribution in [2.24, 2.45) is 0 Å². The topological polar surface area (TPSA) is 239 Å². The van der Waals surface area contributed by atoms with Crippen LogP contribution in [0.4, 0.5) is 0 Å². The molecule has 276 valence electrons. The van der Waals surface area contributed by atoms with Crippen molar-refractivity contribution in [3.05, 3.63) is 68.8 Å². The van der Waals surface area contributed by atoms with E-state index in [1.807, 2.05) is 0 Å². The first-order chi connectivity index (χ1) is 24.5. The quantitative estimate of drug-likeness (QED) is 0.179. The van der Waals surface area contributed by atoms with E-state index < -0.39 is 107 Å². The van der Waals surface area contributed by atoms with Crippen molar-refractivity contribution in [1.29, 1.82) is 0 Å². The summed E-state index contributed by atoms with van der Waals surface area (Å²) in [4.78, 5) is 77.0. The lowest BCUT2D eigenvalue weighted by Crippen LogP contribution is -2.60. The van der Waals surface area contributed by atoms with Gasteiger partial charge < -0.3 is 48.8 Å². The number of hydrogen-bond acceptors (Lipinski definition) is 16. The van der Waals surface area contributed by atoms with E-state index in [-0.39, 0.29) is 51.8 Å². The van der Waals surface area contributed by atoms with Crippen molar-refractivity contribution in [2.75, 3.05) is 20.8 Å². The smallest absolute Gasteiger partial charge is 0.342 e. The van der Waals surface area contributed by atoms with E-state index in [2.05, 4.69) is 4.74 Å². The number of esters is 3. The molecule has 6 rings (SSSR count). The van der Waals surface area contributed by atoms with Crippen LogP contribution in [0.25, 0.3) is 0 Å². The van der Waals surface area contributed by atoms with Gasteiger partial charge >= 0.3 is 17.9 Å². The monoisotopic (exact) mass is 724 g/mol. The third-order valence-corrected chi connectivity index (χ3v) is 10.0. The molecule has 16 nitrogen and oxygen atoms in total. The molecule has 0 amide bonds. The van der Waals surface area contributed by atoms with Gasteiger partial charge in [0.15, 0.2) is 23.3 Å². The second-order valence-electron chi connectivity index (χ2n) is 13.2. The molecular weight excluding hydrogens is 688 g/mol.